The molecule has 4 rings (SSSR count). The Labute approximate surface area is 194 Å². The van der Waals surface area contributed by atoms with Crippen molar-refractivity contribution in [2.24, 2.45) is 0 Å². The van der Waals surface area contributed by atoms with Crippen molar-refractivity contribution in [3.8, 4) is 11.3 Å². The Morgan fingerprint density at radius 2 is 1.76 bits per heavy atom. The molecule has 0 atom stereocenters. The summed E-state index contributed by atoms with van der Waals surface area (Å²) < 4.78 is 16.4. The van der Waals surface area contributed by atoms with E-state index in [9.17, 15) is 19.2 Å². The molecule has 0 fully saturated rings. The van der Waals surface area contributed by atoms with Crippen molar-refractivity contribution in [3.05, 3.63) is 81.2 Å². The van der Waals surface area contributed by atoms with Crippen molar-refractivity contribution in [2.75, 3.05) is 19.8 Å². The molecule has 0 radical (unpaired) electrons. The lowest BCUT2D eigenvalue weighted by Crippen LogP contribution is -2.45. The van der Waals surface area contributed by atoms with Crippen LogP contribution in [-0.4, -0.2) is 37.7 Å². The van der Waals surface area contributed by atoms with Gasteiger partial charge in [-0.15, -0.1) is 0 Å². The Hall–Kier alpha value is -4.40. The molecule has 0 spiro atoms. The minimum atomic E-state index is -0.778. The molecule has 2 N–H and O–H groups in total. The van der Waals surface area contributed by atoms with Crippen molar-refractivity contribution in [2.45, 2.75) is 13.8 Å². The zero-order valence-corrected chi connectivity index (χ0v) is 18.6. The van der Waals surface area contributed by atoms with Gasteiger partial charge in [-0.3, -0.25) is 4.79 Å². The van der Waals surface area contributed by atoms with Crippen LogP contribution in [0.5, 0.6) is 0 Å². The first-order valence-electron chi connectivity index (χ1n) is 10.6. The van der Waals surface area contributed by atoms with E-state index in [1.165, 1.54) is 6.07 Å². The number of hydrogen-bond acceptors (Lipinski definition) is 7. The van der Waals surface area contributed by atoms with Crippen LogP contribution in [0, 0.1) is 6.92 Å². The van der Waals surface area contributed by atoms with Gasteiger partial charge in [-0.05, 0) is 26.0 Å². The summed E-state index contributed by atoms with van der Waals surface area (Å²) >= 11 is 0. The molecule has 1 aliphatic heterocycles. The van der Waals surface area contributed by atoms with Crippen molar-refractivity contribution in [3.63, 3.8) is 0 Å². The Morgan fingerprint density at radius 3 is 2.50 bits per heavy atom. The number of fused-ring (bicyclic) bond motifs is 1. The molecular formula is C25H22N2O7. The van der Waals surface area contributed by atoms with Gasteiger partial charge < -0.3 is 24.5 Å². The van der Waals surface area contributed by atoms with E-state index >= 15 is 0 Å². The lowest BCUT2D eigenvalue weighted by Gasteiger charge is -2.21. The third-order valence-corrected chi connectivity index (χ3v) is 5.32. The van der Waals surface area contributed by atoms with Gasteiger partial charge in [0.05, 0.1) is 29.8 Å². The summed E-state index contributed by atoms with van der Waals surface area (Å²) in [5, 5.41) is 5.20. The molecule has 2 amide bonds. The quantitative estimate of drug-likeness (QED) is 0.540. The zero-order valence-electron chi connectivity index (χ0n) is 18.6. The molecular weight excluding hydrogens is 440 g/mol. The Bertz CT molecular complexity index is 1370. The standard InChI is InChI=1S/C25H22N2O7/c1-3-32-24(30)18-12-26-25(31)27-19(18)13-33-23(29)17-11-7-10-16-20(28)14(2)21(34-22(16)17)15-8-5-4-6-9-15/h4-11H,3,12-13H2,1-2H3,(H2,26,27,31). The predicted molar refractivity (Wildman–Crippen MR) is 123 cm³/mol. The second-order valence-electron chi connectivity index (χ2n) is 7.49. The third kappa shape index (κ3) is 4.40. The summed E-state index contributed by atoms with van der Waals surface area (Å²) in [4.78, 5) is 49.9. The minimum Gasteiger partial charge on any atom is -0.463 e. The van der Waals surface area contributed by atoms with Crippen LogP contribution < -0.4 is 16.1 Å². The molecule has 0 saturated heterocycles. The average Bonchev–Trinajstić information content (AvgIpc) is 2.85. The lowest BCUT2D eigenvalue weighted by molar-refractivity contribution is -0.138. The first-order chi connectivity index (χ1) is 16.4. The normalized spacial score (nSPS) is 13.3. The lowest BCUT2D eigenvalue weighted by atomic mass is 10.0. The van der Waals surface area contributed by atoms with E-state index in [2.05, 4.69) is 10.6 Å². The number of urea groups is 1. The first kappa shape index (κ1) is 22.8. The Kier molecular flexibility index (Phi) is 6.44. The molecule has 9 nitrogen and oxygen atoms in total. The van der Waals surface area contributed by atoms with Crippen LogP contribution in [-0.2, 0) is 14.3 Å². The number of hydrogen-bond donors (Lipinski definition) is 2. The highest BCUT2D eigenvalue weighted by Gasteiger charge is 2.25. The maximum Gasteiger partial charge on any atom is 0.342 e. The number of para-hydroxylation sites is 1. The van der Waals surface area contributed by atoms with Gasteiger partial charge >= 0.3 is 18.0 Å². The molecule has 0 aliphatic carbocycles. The molecule has 2 aromatic carbocycles. The maximum absolute atomic E-state index is 13.0. The van der Waals surface area contributed by atoms with Gasteiger partial charge in [-0.1, -0.05) is 36.4 Å². The molecule has 1 aliphatic rings. The summed E-state index contributed by atoms with van der Waals surface area (Å²) in [6.45, 7) is 3.05. The number of carbonyl (C=O) groups excluding carboxylic acids is 3. The third-order valence-electron chi connectivity index (χ3n) is 5.32. The predicted octanol–water partition coefficient (Wildman–Crippen LogP) is 3.06. The van der Waals surface area contributed by atoms with E-state index in [1.807, 2.05) is 18.2 Å². The van der Waals surface area contributed by atoms with E-state index in [0.717, 1.165) is 0 Å². The van der Waals surface area contributed by atoms with Crippen molar-refractivity contribution in [1.82, 2.24) is 10.6 Å². The maximum atomic E-state index is 13.0. The summed E-state index contributed by atoms with van der Waals surface area (Å²) in [6.07, 6.45) is 0. The van der Waals surface area contributed by atoms with Crippen LogP contribution in [0.15, 0.2) is 69.0 Å². The molecule has 34 heavy (non-hydrogen) atoms. The molecule has 0 unspecified atom stereocenters. The van der Waals surface area contributed by atoms with Gasteiger partial charge in [-0.2, -0.15) is 0 Å². The topological polar surface area (TPSA) is 124 Å². The van der Waals surface area contributed by atoms with Gasteiger partial charge in [-0.25, -0.2) is 14.4 Å². The molecule has 9 heteroatoms. The van der Waals surface area contributed by atoms with Crippen LogP contribution in [0.4, 0.5) is 4.79 Å². The number of amides is 2. The minimum absolute atomic E-state index is 0.0466. The number of carbonyl (C=O) groups is 3. The van der Waals surface area contributed by atoms with Gasteiger partial charge in [0.25, 0.3) is 0 Å². The number of rotatable bonds is 6. The first-order valence-corrected chi connectivity index (χ1v) is 10.6. The van der Waals surface area contributed by atoms with Crippen LogP contribution in [0.25, 0.3) is 22.3 Å². The van der Waals surface area contributed by atoms with Crippen molar-refractivity contribution < 1.29 is 28.3 Å². The van der Waals surface area contributed by atoms with E-state index in [-0.39, 0.29) is 53.0 Å². The zero-order chi connectivity index (χ0) is 24.2. The van der Waals surface area contributed by atoms with Crippen LogP contribution in [0.2, 0.25) is 0 Å². The highest BCUT2D eigenvalue weighted by atomic mass is 16.5. The summed E-state index contributed by atoms with van der Waals surface area (Å²) in [5.74, 6) is -1.04. The fourth-order valence-corrected chi connectivity index (χ4v) is 3.62. The number of benzene rings is 2. The number of esters is 2. The average molecular weight is 462 g/mol. The van der Waals surface area contributed by atoms with Gasteiger partial charge in [0, 0.05) is 11.1 Å². The smallest absolute Gasteiger partial charge is 0.342 e. The highest BCUT2D eigenvalue weighted by Crippen LogP contribution is 2.27. The van der Waals surface area contributed by atoms with Crippen molar-refractivity contribution >= 4 is 28.9 Å². The molecule has 1 aromatic heterocycles. The van der Waals surface area contributed by atoms with Crippen molar-refractivity contribution in [1.29, 1.82) is 0 Å². The van der Waals surface area contributed by atoms with Crippen LogP contribution >= 0.6 is 0 Å². The summed E-state index contributed by atoms with van der Waals surface area (Å²) in [6, 6.07) is 13.2. The van der Waals surface area contributed by atoms with E-state index in [0.29, 0.717) is 16.9 Å². The molecule has 0 saturated carbocycles. The number of ether oxygens (including phenoxy) is 2. The van der Waals surface area contributed by atoms with Crippen LogP contribution in [0.3, 0.4) is 0 Å². The largest absolute Gasteiger partial charge is 0.463 e. The summed E-state index contributed by atoms with van der Waals surface area (Å²) in [7, 11) is 0. The van der Waals surface area contributed by atoms with Gasteiger partial charge in [0.15, 0.2) is 11.0 Å². The second kappa shape index (κ2) is 9.62. The molecule has 174 valence electrons. The molecule has 0 bridgehead atoms. The Balaban J connectivity index is 1.69. The van der Waals surface area contributed by atoms with E-state index in [4.69, 9.17) is 13.9 Å². The summed E-state index contributed by atoms with van der Waals surface area (Å²) in [5.41, 5.74) is 1.28. The second-order valence-corrected chi connectivity index (χ2v) is 7.49. The fraction of sp³-hybridized carbons (Fsp3) is 0.200. The van der Waals surface area contributed by atoms with Gasteiger partial charge in [0.1, 0.15) is 17.9 Å². The molecule has 3 aromatic rings. The highest BCUT2D eigenvalue weighted by molar-refractivity contribution is 6.02. The van der Waals surface area contributed by atoms with E-state index in [1.54, 1.807) is 38.1 Å². The van der Waals surface area contributed by atoms with E-state index < -0.39 is 18.0 Å². The van der Waals surface area contributed by atoms with Crippen LogP contribution in [0.1, 0.15) is 22.8 Å². The monoisotopic (exact) mass is 462 g/mol. The number of nitrogens with one attached hydrogen (secondary N) is 2. The molecule has 2 heterocycles. The fourth-order valence-electron chi connectivity index (χ4n) is 3.62. The Morgan fingerprint density at radius 1 is 1.00 bits per heavy atom. The van der Waals surface area contributed by atoms with Gasteiger partial charge in [0.2, 0.25) is 0 Å². The SMILES string of the molecule is CCOC(=O)C1=C(COC(=O)c2cccc3c(=O)c(C)c(-c4ccccc4)oc23)NC(=O)NC1.